The summed E-state index contributed by atoms with van der Waals surface area (Å²) in [4.78, 5) is 53.6. The number of allylic oxidation sites excluding steroid dienone is 2. The van der Waals surface area contributed by atoms with E-state index in [0.717, 1.165) is 16.2 Å². The van der Waals surface area contributed by atoms with Crippen molar-refractivity contribution in [3.8, 4) is 0 Å². The average Bonchev–Trinajstić information content (AvgIpc) is 3.27. The summed E-state index contributed by atoms with van der Waals surface area (Å²) in [5.41, 5.74) is 11.1. The van der Waals surface area contributed by atoms with Crippen molar-refractivity contribution >= 4 is 63.4 Å². The van der Waals surface area contributed by atoms with Crippen LogP contribution in [0.2, 0.25) is 0 Å². The molecule has 8 N–H and O–H groups in total. The van der Waals surface area contributed by atoms with Gasteiger partial charge in [-0.1, -0.05) is 11.2 Å². The molecule has 0 spiro atoms. The van der Waals surface area contributed by atoms with Crippen molar-refractivity contribution in [3.05, 3.63) is 59.0 Å². The van der Waals surface area contributed by atoms with Crippen molar-refractivity contribution in [3.63, 3.8) is 0 Å². The maximum absolute atomic E-state index is 12.9. The zero-order valence-electron chi connectivity index (χ0n) is 18.9. The second-order valence-corrected chi connectivity index (χ2v) is 9.74. The summed E-state index contributed by atoms with van der Waals surface area (Å²) < 4.78 is 1.75. The lowest BCUT2D eigenvalue weighted by Crippen LogP contribution is -2.71. The summed E-state index contributed by atoms with van der Waals surface area (Å²) in [6.07, 6.45) is 6.75. The number of urea groups is 1. The molecular formula is C21H21N8O6S2+. The molecule has 4 heterocycles. The Morgan fingerprint density at radius 3 is 2.81 bits per heavy atom. The topological polar surface area (TPSA) is 217 Å². The van der Waals surface area contributed by atoms with Crippen LogP contribution in [0.3, 0.4) is 0 Å². The van der Waals surface area contributed by atoms with E-state index in [1.165, 1.54) is 17.1 Å². The highest BCUT2D eigenvalue weighted by molar-refractivity contribution is 8.00. The van der Waals surface area contributed by atoms with Crippen molar-refractivity contribution in [2.45, 2.75) is 18.0 Å². The van der Waals surface area contributed by atoms with Crippen molar-refractivity contribution in [2.24, 2.45) is 10.9 Å². The van der Waals surface area contributed by atoms with Gasteiger partial charge in [0.2, 0.25) is 0 Å². The number of carbonyl (C=O) groups is 4. The molecule has 14 nitrogen and oxygen atoms in total. The number of primary amides is 1. The zero-order chi connectivity index (χ0) is 26.7. The summed E-state index contributed by atoms with van der Waals surface area (Å²) in [7, 11) is 0. The minimum absolute atomic E-state index is 0.0507. The number of hydrogen-bond acceptors (Lipinski definition) is 10. The van der Waals surface area contributed by atoms with E-state index in [9.17, 15) is 29.5 Å². The fourth-order valence-electron chi connectivity index (χ4n) is 3.76. The second-order valence-electron chi connectivity index (χ2n) is 7.74. The largest absolute Gasteiger partial charge is 0.477 e. The van der Waals surface area contributed by atoms with Crippen LogP contribution in [0, 0.1) is 0 Å². The molecule has 4 rings (SSSR count). The van der Waals surface area contributed by atoms with Crippen LogP contribution in [0.15, 0.2) is 58.5 Å². The third-order valence-electron chi connectivity index (χ3n) is 5.33. The molecule has 1 fully saturated rings. The number of nitrogens with one attached hydrogen (secondary N) is 2. The van der Waals surface area contributed by atoms with Crippen LogP contribution >= 0.6 is 23.1 Å². The Kier molecular flexibility index (Phi) is 7.40. The first-order chi connectivity index (χ1) is 17.7. The summed E-state index contributed by atoms with van der Waals surface area (Å²) in [5, 5.41) is 28.0. The smallest absolute Gasteiger partial charge is 0.352 e. The monoisotopic (exact) mass is 545 g/mol. The van der Waals surface area contributed by atoms with Gasteiger partial charge in [-0.3, -0.25) is 14.5 Å². The number of nitrogens with two attached hydrogens (primary N) is 2. The predicted molar refractivity (Wildman–Crippen MR) is 134 cm³/mol. The lowest BCUT2D eigenvalue weighted by atomic mass is 10.0. The van der Waals surface area contributed by atoms with Crippen LogP contribution < -0.4 is 26.7 Å². The van der Waals surface area contributed by atoms with Gasteiger partial charge in [0, 0.05) is 17.2 Å². The number of oxime groups is 1. The van der Waals surface area contributed by atoms with E-state index in [2.05, 4.69) is 20.8 Å². The van der Waals surface area contributed by atoms with Crippen LogP contribution in [0.1, 0.15) is 5.69 Å². The standard InChI is InChI=1S/C21H20N8O6S2/c22-20(34)24-11-4-2-6-28(7-11)5-1-3-10-8-36-18-14(17(31)29(18)15(10)19(32)33)26-16(30)13(27-35)12-9-37-21(23)25-12/h1-4,6-7,9,14,18H,5,8H2,(H7-,22,23,24,25,26,30,32,33,34,35)/p+1/b3-1+/t14-,18+/m1/s1. The number of nitrogen functional groups attached to an aromatic ring is 1. The van der Waals surface area contributed by atoms with Crippen molar-refractivity contribution in [2.75, 3.05) is 16.8 Å². The third-order valence-corrected chi connectivity index (χ3v) is 7.30. The number of amides is 4. The van der Waals surface area contributed by atoms with Gasteiger partial charge in [-0.15, -0.1) is 23.1 Å². The van der Waals surface area contributed by atoms with Crippen LogP contribution in [-0.4, -0.2) is 66.9 Å². The highest BCUT2D eigenvalue weighted by Gasteiger charge is 2.54. The van der Waals surface area contributed by atoms with E-state index in [-0.39, 0.29) is 22.3 Å². The lowest BCUT2D eigenvalue weighted by molar-refractivity contribution is -0.686. The number of carboxylic acids is 1. The van der Waals surface area contributed by atoms with Crippen LogP contribution in [0.4, 0.5) is 15.6 Å². The fraction of sp³-hybridized carbons (Fsp3) is 0.190. The van der Waals surface area contributed by atoms with Crippen molar-refractivity contribution in [1.82, 2.24) is 15.2 Å². The Labute approximate surface area is 217 Å². The Balaban J connectivity index is 1.46. The Hall–Kier alpha value is -4.44. The van der Waals surface area contributed by atoms with Gasteiger partial charge in [-0.2, -0.15) is 4.57 Å². The van der Waals surface area contributed by atoms with E-state index in [0.29, 0.717) is 17.8 Å². The molecule has 0 radical (unpaired) electrons. The molecule has 2 aliphatic heterocycles. The molecule has 192 valence electrons. The number of carboxylic acid groups (broad SMARTS) is 1. The Morgan fingerprint density at radius 1 is 1.38 bits per heavy atom. The SMILES string of the molecule is NC(=O)Nc1ccc[n+](C/C=C/C2=C(C(=O)O)N3C(=O)[C@@H](NC(=O)C(=NO)c4csc(N)n4)[C@@H]3SC2)c1. The quantitative estimate of drug-likeness (QED) is 0.0840. The normalized spacial score (nSPS) is 19.4. The molecule has 0 saturated carbocycles. The number of rotatable bonds is 8. The van der Waals surface area contributed by atoms with E-state index < -0.39 is 40.9 Å². The Bertz CT molecular complexity index is 1370. The summed E-state index contributed by atoms with van der Waals surface area (Å²) in [6.45, 7) is 0.357. The number of pyridine rings is 1. The third kappa shape index (κ3) is 5.39. The predicted octanol–water partition coefficient (Wildman–Crippen LogP) is -0.323. The fourth-order valence-corrected chi connectivity index (χ4v) is 5.62. The van der Waals surface area contributed by atoms with Gasteiger partial charge < -0.3 is 32.4 Å². The van der Waals surface area contributed by atoms with Gasteiger partial charge in [-0.05, 0) is 17.7 Å². The second kappa shape index (κ2) is 10.7. The molecule has 0 aromatic carbocycles. The molecule has 0 bridgehead atoms. The van der Waals surface area contributed by atoms with Gasteiger partial charge in [0.15, 0.2) is 29.8 Å². The highest BCUT2D eigenvalue weighted by atomic mass is 32.2. The van der Waals surface area contributed by atoms with Gasteiger partial charge in [0.25, 0.3) is 11.8 Å². The number of carbonyl (C=O) groups excluding carboxylic acids is 3. The molecule has 0 aliphatic carbocycles. The number of nitrogens with zero attached hydrogens (tertiary/aromatic N) is 4. The van der Waals surface area contributed by atoms with Gasteiger partial charge >= 0.3 is 12.0 Å². The molecule has 0 unspecified atom stereocenters. The molecule has 16 heteroatoms. The first kappa shape index (κ1) is 25.6. The molecule has 2 aromatic heterocycles. The average molecular weight is 546 g/mol. The van der Waals surface area contributed by atoms with E-state index in [1.807, 2.05) is 0 Å². The molecular weight excluding hydrogens is 524 g/mol. The minimum atomic E-state index is -1.28. The molecule has 1 saturated heterocycles. The van der Waals surface area contributed by atoms with E-state index in [4.69, 9.17) is 11.5 Å². The zero-order valence-corrected chi connectivity index (χ0v) is 20.5. The van der Waals surface area contributed by atoms with Crippen LogP contribution in [0.25, 0.3) is 0 Å². The van der Waals surface area contributed by atoms with E-state index in [1.54, 1.807) is 41.2 Å². The van der Waals surface area contributed by atoms with Gasteiger partial charge in [0.05, 0.1) is 0 Å². The number of thioether (sulfide) groups is 1. The minimum Gasteiger partial charge on any atom is -0.477 e. The summed E-state index contributed by atoms with van der Waals surface area (Å²) in [6, 6.07) is 1.67. The molecule has 2 aliphatic rings. The van der Waals surface area contributed by atoms with Crippen molar-refractivity contribution in [1.29, 1.82) is 0 Å². The molecule has 2 atom stereocenters. The number of anilines is 2. The molecule has 2 aromatic rings. The summed E-state index contributed by atoms with van der Waals surface area (Å²) >= 11 is 2.33. The van der Waals surface area contributed by atoms with Crippen LogP contribution in [-0.2, 0) is 20.9 Å². The number of fused-ring (bicyclic) bond motifs is 1. The Morgan fingerprint density at radius 2 is 2.16 bits per heavy atom. The molecule has 4 amide bonds. The van der Waals surface area contributed by atoms with Crippen LogP contribution in [0.5, 0.6) is 0 Å². The maximum atomic E-state index is 12.9. The van der Waals surface area contributed by atoms with Gasteiger partial charge in [0.1, 0.15) is 28.5 Å². The first-order valence-electron chi connectivity index (χ1n) is 10.6. The number of hydrogen-bond donors (Lipinski definition) is 6. The highest BCUT2D eigenvalue weighted by Crippen LogP contribution is 2.40. The molecule has 37 heavy (non-hydrogen) atoms. The van der Waals surface area contributed by atoms with E-state index >= 15 is 0 Å². The number of β-lactam (4-membered cyclic amide) rings is 1. The number of thiazole rings is 1. The van der Waals surface area contributed by atoms with Gasteiger partial charge in [-0.25, -0.2) is 14.6 Å². The number of aromatic nitrogens is 2. The number of aliphatic carboxylic acids is 1. The lowest BCUT2D eigenvalue weighted by Gasteiger charge is -2.49. The first-order valence-corrected chi connectivity index (χ1v) is 12.5. The summed E-state index contributed by atoms with van der Waals surface area (Å²) in [5.74, 6) is -2.46. The van der Waals surface area contributed by atoms with Crippen molar-refractivity contribution < 1.29 is 34.1 Å². The maximum Gasteiger partial charge on any atom is 0.352 e.